The summed E-state index contributed by atoms with van der Waals surface area (Å²) in [5.41, 5.74) is -0.890. The Bertz CT molecular complexity index is 713. The normalized spacial score (nSPS) is 10.3. The van der Waals surface area contributed by atoms with E-state index in [4.69, 9.17) is 9.47 Å². The summed E-state index contributed by atoms with van der Waals surface area (Å²) < 4.78 is 9.86. The number of benzene rings is 2. The van der Waals surface area contributed by atoms with E-state index in [1.165, 1.54) is 25.3 Å². The number of nitrogens with zero attached hydrogens (tertiary/aromatic N) is 2. The summed E-state index contributed by atoms with van der Waals surface area (Å²) in [5.74, 6) is 0.0870. The van der Waals surface area contributed by atoms with Gasteiger partial charge in [-0.15, -0.1) is 0 Å². The quantitative estimate of drug-likeness (QED) is 0.628. The van der Waals surface area contributed by atoms with Crippen molar-refractivity contribution in [2.45, 2.75) is 0 Å². The van der Waals surface area contributed by atoms with E-state index < -0.39 is 21.2 Å². The fraction of sp³-hybridized carbons (Fsp3) is 0.167. The number of ether oxygens (including phenoxy) is 2. The summed E-state index contributed by atoms with van der Waals surface area (Å²) in [7, 11) is 2.60. The van der Waals surface area contributed by atoms with Crippen LogP contribution in [0.1, 0.15) is 0 Å². The highest BCUT2D eigenvalue weighted by Gasteiger charge is 2.30. The number of fused-ring (bicyclic) bond motifs is 1. The molecular weight excluding hydrogens is 268 g/mol. The smallest absolute Gasteiger partial charge is 0.326 e. The molecule has 0 aromatic heterocycles. The second-order valence-corrected chi connectivity index (χ2v) is 3.88. The lowest BCUT2D eigenvalue weighted by Crippen LogP contribution is -2.00. The van der Waals surface area contributed by atoms with Gasteiger partial charge in [0.15, 0.2) is 0 Å². The third-order valence-electron chi connectivity index (χ3n) is 2.84. The maximum absolute atomic E-state index is 11.2. The minimum absolute atomic E-state index is 0.248. The number of nitro groups is 2. The van der Waals surface area contributed by atoms with Crippen LogP contribution in [0.4, 0.5) is 11.4 Å². The molecular formula is C12H10N2O6. The van der Waals surface area contributed by atoms with Crippen molar-refractivity contribution in [3.8, 4) is 11.5 Å². The van der Waals surface area contributed by atoms with Crippen molar-refractivity contribution >= 4 is 22.1 Å². The van der Waals surface area contributed by atoms with Crippen molar-refractivity contribution in [3.63, 3.8) is 0 Å². The van der Waals surface area contributed by atoms with E-state index in [1.54, 1.807) is 6.07 Å². The molecule has 20 heavy (non-hydrogen) atoms. The van der Waals surface area contributed by atoms with Crippen LogP contribution >= 0.6 is 0 Å². The summed E-state index contributed by atoms with van der Waals surface area (Å²) in [6.07, 6.45) is 0. The van der Waals surface area contributed by atoms with E-state index >= 15 is 0 Å². The lowest BCUT2D eigenvalue weighted by molar-refractivity contribution is -0.394. The summed E-state index contributed by atoms with van der Waals surface area (Å²) >= 11 is 0. The Balaban J connectivity index is 2.93. The molecule has 0 unspecified atom stereocenters. The fourth-order valence-electron chi connectivity index (χ4n) is 1.98. The van der Waals surface area contributed by atoms with Gasteiger partial charge in [-0.25, -0.2) is 0 Å². The zero-order chi connectivity index (χ0) is 14.9. The number of hydrogen-bond donors (Lipinski definition) is 0. The third-order valence-corrected chi connectivity index (χ3v) is 2.84. The molecule has 0 spiro atoms. The molecule has 8 heteroatoms. The van der Waals surface area contributed by atoms with Crippen LogP contribution in [0.3, 0.4) is 0 Å². The van der Waals surface area contributed by atoms with E-state index in [0.29, 0.717) is 11.1 Å². The first-order valence-corrected chi connectivity index (χ1v) is 5.47. The molecule has 0 heterocycles. The molecule has 0 radical (unpaired) electrons. The molecule has 0 fully saturated rings. The van der Waals surface area contributed by atoms with Gasteiger partial charge >= 0.3 is 11.4 Å². The highest BCUT2D eigenvalue weighted by Crippen LogP contribution is 2.43. The number of rotatable bonds is 4. The SMILES string of the molecule is COc1ccc2c([N+](=O)[O-])c(OC)c([N+](=O)[O-])cc2c1. The summed E-state index contributed by atoms with van der Waals surface area (Å²) in [5, 5.41) is 22.8. The van der Waals surface area contributed by atoms with E-state index in [2.05, 4.69) is 0 Å². The van der Waals surface area contributed by atoms with Crippen molar-refractivity contribution in [2.24, 2.45) is 0 Å². The first-order valence-electron chi connectivity index (χ1n) is 5.47. The molecule has 0 N–H and O–H groups in total. The van der Waals surface area contributed by atoms with Crippen molar-refractivity contribution in [1.82, 2.24) is 0 Å². The monoisotopic (exact) mass is 278 g/mol. The molecule has 0 saturated heterocycles. The van der Waals surface area contributed by atoms with E-state index in [9.17, 15) is 20.2 Å². The number of hydrogen-bond acceptors (Lipinski definition) is 6. The average Bonchev–Trinajstić information content (AvgIpc) is 2.43. The maximum atomic E-state index is 11.2. The van der Waals surface area contributed by atoms with Crippen LogP contribution in [0.25, 0.3) is 10.8 Å². The molecule has 0 amide bonds. The van der Waals surface area contributed by atoms with Crippen LogP contribution in [0, 0.1) is 20.2 Å². The maximum Gasteiger partial charge on any atom is 0.326 e. The number of methoxy groups -OCH3 is 2. The van der Waals surface area contributed by atoms with E-state index in [0.717, 1.165) is 7.11 Å². The highest BCUT2D eigenvalue weighted by molar-refractivity contribution is 5.97. The van der Waals surface area contributed by atoms with Crippen LogP contribution in [0.2, 0.25) is 0 Å². The molecule has 2 rings (SSSR count). The zero-order valence-corrected chi connectivity index (χ0v) is 10.7. The van der Waals surface area contributed by atoms with Crippen molar-refractivity contribution in [2.75, 3.05) is 14.2 Å². The van der Waals surface area contributed by atoms with Crippen molar-refractivity contribution in [1.29, 1.82) is 0 Å². The van der Waals surface area contributed by atoms with Crippen molar-refractivity contribution < 1.29 is 19.3 Å². The third kappa shape index (κ3) is 2.07. The molecule has 0 bridgehead atoms. The second kappa shape index (κ2) is 5.00. The molecule has 0 aliphatic rings. The van der Waals surface area contributed by atoms with E-state index in [-0.39, 0.29) is 11.1 Å². The molecule has 2 aromatic rings. The van der Waals surface area contributed by atoms with Crippen LogP contribution in [0.15, 0.2) is 24.3 Å². The lowest BCUT2D eigenvalue weighted by atomic mass is 10.1. The molecule has 0 aliphatic carbocycles. The van der Waals surface area contributed by atoms with Gasteiger partial charge in [-0.1, -0.05) is 0 Å². The van der Waals surface area contributed by atoms with Gasteiger partial charge in [0.2, 0.25) is 0 Å². The van der Waals surface area contributed by atoms with Gasteiger partial charge in [-0.3, -0.25) is 20.2 Å². The second-order valence-electron chi connectivity index (χ2n) is 3.88. The summed E-state index contributed by atoms with van der Waals surface area (Å²) in [6, 6.07) is 5.73. The first-order chi connectivity index (χ1) is 9.49. The standard InChI is InChI=1S/C12H10N2O6/c1-19-8-3-4-9-7(5-8)6-10(13(15)16)12(20-2)11(9)14(17)18/h3-6H,1-2H3. The molecule has 8 nitrogen and oxygen atoms in total. The fourth-order valence-corrected chi connectivity index (χ4v) is 1.98. The first kappa shape index (κ1) is 13.5. The topological polar surface area (TPSA) is 105 Å². The Labute approximate surface area is 112 Å². The Morgan fingerprint density at radius 1 is 1.00 bits per heavy atom. The van der Waals surface area contributed by atoms with Gasteiger partial charge in [0, 0.05) is 6.07 Å². The Morgan fingerprint density at radius 3 is 2.20 bits per heavy atom. The minimum atomic E-state index is -0.718. The molecule has 0 atom stereocenters. The van der Waals surface area contributed by atoms with Crippen LogP contribution in [0.5, 0.6) is 11.5 Å². The average molecular weight is 278 g/mol. The Hall–Kier alpha value is -2.90. The van der Waals surface area contributed by atoms with Gasteiger partial charge in [0.05, 0.1) is 29.5 Å². The lowest BCUT2D eigenvalue weighted by Gasteiger charge is -2.07. The minimum Gasteiger partial charge on any atom is -0.497 e. The number of nitro benzene ring substituents is 2. The van der Waals surface area contributed by atoms with Crippen molar-refractivity contribution in [3.05, 3.63) is 44.5 Å². The molecule has 2 aromatic carbocycles. The Kier molecular flexibility index (Phi) is 3.38. The molecule has 104 valence electrons. The van der Waals surface area contributed by atoms with Gasteiger partial charge in [-0.05, 0) is 23.6 Å². The van der Waals surface area contributed by atoms with E-state index in [1.807, 2.05) is 0 Å². The van der Waals surface area contributed by atoms with Gasteiger partial charge < -0.3 is 9.47 Å². The molecule has 0 saturated carbocycles. The predicted octanol–water partition coefficient (Wildman–Crippen LogP) is 2.67. The Morgan fingerprint density at radius 2 is 1.70 bits per heavy atom. The highest BCUT2D eigenvalue weighted by atomic mass is 16.6. The van der Waals surface area contributed by atoms with Gasteiger partial charge in [0.1, 0.15) is 5.75 Å². The summed E-state index contributed by atoms with van der Waals surface area (Å²) in [6.45, 7) is 0. The summed E-state index contributed by atoms with van der Waals surface area (Å²) in [4.78, 5) is 20.8. The largest absolute Gasteiger partial charge is 0.497 e. The molecule has 0 aliphatic heterocycles. The van der Waals surface area contributed by atoms with Crippen LogP contribution < -0.4 is 9.47 Å². The predicted molar refractivity (Wildman–Crippen MR) is 70.4 cm³/mol. The van der Waals surface area contributed by atoms with Gasteiger partial charge in [-0.2, -0.15) is 0 Å². The van der Waals surface area contributed by atoms with Crippen LogP contribution in [-0.2, 0) is 0 Å². The van der Waals surface area contributed by atoms with Gasteiger partial charge in [0.25, 0.3) is 5.75 Å². The zero-order valence-electron chi connectivity index (χ0n) is 10.7. The van der Waals surface area contributed by atoms with Crippen LogP contribution in [-0.4, -0.2) is 24.1 Å².